The molecular weight excluding hydrogens is 198 g/mol. The number of hydrogen-bond acceptors (Lipinski definition) is 1. The molecule has 0 aromatic heterocycles. The van der Waals surface area contributed by atoms with Crippen molar-refractivity contribution < 1.29 is 9.59 Å². The van der Waals surface area contributed by atoms with E-state index in [1.807, 2.05) is 0 Å². The van der Waals surface area contributed by atoms with Gasteiger partial charge in [-0.25, -0.2) is 0 Å². The van der Waals surface area contributed by atoms with Crippen LogP contribution < -0.4 is 0 Å². The molecule has 0 spiro atoms. The predicted octanol–water partition coefficient (Wildman–Crippen LogP) is 2.17. The standard InChI is InChI=1S/C14H26NO/c1-15(9-2-3-10-15)13-8-7-11-5-4-6-12(13)14(11)16/h11-14,16H,2-10H2,1H3/q+1/t11-,12-,13+,14-/m1/s1. The Labute approximate surface area is 99.2 Å². The summed E-state index contributed by atoms with van der Waals surface area (Å²) in [5.41, 5.74) is 0. The Balaban J connectivity index is 1.80. The minimum Gasteiger partial charge on any atom is -0.392 e. The summed E-state index contributed by atoms with van der Waals surface area (Å²) in [5.74, 6) is 1.26. The van der Waals surface area contributed by atoms with E-state index in [2.05, 4.69) is 7.05 Å². The molecule has 0 radical (unpaired) electrons. The molecule has 3 aliphatic rings. The molecule has 4 atom stereocenters. The maximum atomic E-state index is 10.4. The molecule has 1 saturated heterocycles. The molecule has 0 amide bonds. The summed E-state index contributed by atoms with van der Waals surface area (Å²) in [6.07, 6.45) is 9.44. The molecule has 2 heteroatoms. The van der Waals surface area contributed by atoms with Crippen LogP contribution in [0.5, 0.6) is 0 Å². The van der Waals surface area contributed by atoms with E-state index in [0.29, 0.717) is 11.8 Å². The van der Waals surface area contributed by atoms with Gasteiger partial charge in [0, 0.05) is 25.2 Å². The molecule has 1 aliphatic heterocycles. The van der Waals surface area contributed by atoms with Crippen LogP contribution in [-0.2, 0) is 0 Å². The minimum atomic E-state index is 0.0306. The van der Waals surface area contributed by atoms with Crippen molar-refractivity contribution in [1.82, 2.24) is 0 Å². The molecule has 0 unspecified atom stereocenters. The van der Waals surface area contributed by atoms with E-state index in [4.69, 9.17) is 0 Å². The van der Waals surface area contributed by atoms with E-state index < -0.39 is 0 Å². The van der Waals surface area contributed by atoms with Gasteiger partial charge in [0.15, 0.2) is 0 Å². The average molecular weight is 224 g/mol. The summed E-state index contributed by atoms with van der Waals surface area (Å²) in [4.78, 5) is 0. The Hall–Kier alpha value is -0.0800. The summed E-state index contributed by atoms with van der Waals surface area (Å²) < 4.78 is 1.27. The number of nitrogens with zero attached hydrogens (tertiary/aromatic N) is 1. The summed E-state index contributed by atoms with van der Waals surface area (Å²) in [7, 11) is 2.44. The van der Waals surface area contributed by atoms with Crippen molar-refractivity contribution in [3.8, 4) is 0 Å². The number of likely N-dealkylation sites (tertiary alicyclic amines) is 1. The second kappa shape index (κ2) is 3.99. The van der Waals surface area contributed by atoms with Gasteiger partial charge in [0.2, 0.25) is 0 Å². The van der Waals surface area contributed by atoms with Gasteiger partial charge in [-0.3, -0.25) is 0 Å². The minimum absolute atomic E-state index is 0.0306. The molecule has 0 aromatic rings. The average Bonchev–Trinajstić information content (AvgIpc) is 2.65. The van der Waals surface area contributed by atoms with Crippen LogP contribution in [0.4, 0.5) is 0 Å². The van der Waals surface area contributed by atoms with Crippen LogP contribution in [-0.4, -0.2) is 41.9 Å². The molecule has 2 saturated carbocycles. The highest BCUT2D eigenvalue weighted by molar-refractivity contribution is 4.92. The lowest BCUT2D eigenvalue weighted by molar-refractivity contribution is -0.928. The van der Waals surface area contributed by atoms with Crippen LogP contribution >= 0.6 is 0 Å². The van der Waals surface area contributed by atoms with Crippen molar-refractivity contribution in [3.05, 3.63) is 0 Å². The van der Waals surface area contributed by atoms with Gasteiger partial charge in [0.25, 0.3) is 0 Å². The maximum Gasteiger partial charge on any atom is 0.0941 e. The highest BCUT2D eigenvalue weighted by Crippen LogP contribution is 2.44. The molecule has 3 rings (SSSR count). The Morgan fingerprint density at radius 2 is 1.69 bits per heavy atom. The van der Waals surface area contributed by atoms with Gasteiger partial charge in [0.05, 0.1) is 32.3 Å². The third kappa shape index (κ3) is 1.62. The zero-order chi connectivity index (χ0) is 11.2. The van der Waals surface area contributed by atoms with Gasteiger partial charge >= 0.3 is 0 Å². The van der Waals surface area contributed by atoms with Crippen molar-refractivity contribution in [2.75, 3.05) is 20.1 Å². The maximum absolute atomic E-state index is 10.4. The fourth-order valence-corrected chi connectivity index (χ4v) is 4.80. The van der Waals surface area contributed by atoms with E-state index in [-0.39, 0.29) is 6.10 Å². The summed E-state index contributed by atoms with van der Waals surface area (Å²) in [6, 6.07) is 0.772. The Kier molecular flexibility index (Phi) is 2.75. The second-order valence-corrected chi connectivity index (χ2v) is 6.62. The first-order valence-electron chi connectivity index (χ1n) is 7.23. The van der Waals surface area contributed by atoms with Crippen molar-refractivity contribution in [2.24, 2.45) is 11.8 Å². The van der Waals surface area contributed by atoms with E-state index in [9.17, 15) is 5.11 Å². The first-order valence-corrected chi connectivity index (χ1v) is 7.23. The lowest BCUT2D eigenvalue weighted by Gasteiger charge is -2.50. The van der Waals surface area contributed by atoms with Crippen LogP contribution in [0.25, 0.3) is 0 Å². The molecule has 2 aliphatic carbocycles. The van der Waals surface area contributed by atoms with Crippen molar-refractivity contribution in [3.63, 3.8) is 0 Å². The second-order valence-electron chi connectivity index (χ2n) is 6.62. The molecule has 92 valence electrons. The summed E-state index contributed by atoms with van der Waals surface area (Å²) in [5, 5.41) is 10.4. The number of fused-ring (bicyclic) bond motifs is 2. The smallest absolute Gasteiger partial charge is 0.0941 e. The molecule has 1 N–H and O–H groups in total. The van der Waals surface area contributed by atoms with E-state index in [0.717, 1.165) is 6.04 Å². The van der Waals surface area contributed by atoms with Crippen LogP contribution in [0.1, 0.15) is 44.9 Å². The zero-order valence-corrected chi connectivity index (χ0v) is 10.6. The lowest BCUT2D eigenvalue weighted by Crippen LogP contribution is -2.59. The molecule has 3 fully saturated rings. The quantitative estimate of drug-likeness (QED) is 0.677. The van der Waals surface area contributed by atoms with E-state index in [1.165, 1.54) is 62.5 Å². The van der Waals surface area contributed by atoms with Gasteiger partial charge in [0.1, 0.15) is 0 Å². The third-order valence-corrected chi connectivity index (χ3v) is 5.75. The number of quaternary nitrogens is 1. The zero-order valence-electron chi connectivity index (χ0n) is 10.6. The summed E-state index contributed by atoms with van der Waals surface area (Å²) >= 11 is 0. The monoisotopic (exact) mass is 224 g/mol. The Bertz CT molecular complexity index is 259. The SMILES string of the molecule is C[N+]1([C@H]2CC[C@H]3CCC[C@H]2[C@@H]3O)CCCC1. The lowest BCUT2D eigenvalue weighted by atomic mass is 9.67. The van der Waals surface area contributed by atoms with Crippen molar-refractivity contribution in [1.29, 1.82) is 0 Å². The fourth-order valence-electron chi connectivity index (χ4n) is 4.80. The van der Waals surface area contributed by atoms with Gasteiger partial charge in [-0.15, -0.1) is 0 Å². The Morgan fingerprint density at radius 1 is 0.938 bits per heavy atom. The van der Waals surface area contributed by atoms with Crippen LogP contribution in [0.2, 0.25) is 0 Å². The van der Waals surface area contributed by atoms with Gasteiger partial charge in [-0.05, 0) is 25.2 Å². The molecule has 0 aromatic carbocycles. The van der Waals surface area contributed by atoms with Gasteiger partial charge in [-0.2, -0.15) is 0 Å². The number of rotatable bonds is 1. The number of aliphatic hydroxyl groups is 1. The van der Waals surface area contributed by atoms with Crippen molar-refractivity contribution in [2.45, 2.75) is 57.1 Å². The molecular formula is C14H26NO+. The largest absolute Gasteiger partial charge is 0.392 e. The highest BCUT2D eigenvalue weighted by Gasteiger charge is 2.49. The summed E-state index contributed by atoms with van der Waals surface area (Å²) in [6.45, 7) is 2.72. The highest BCUT2D eigenvalue weighted by atomic mass is 16.3. The topological polar surface area (TPSA) is 20.2 Å². The van der Waals surface area contributed by atoms with Gasteiger partial charge < -0.3 is 9.59 Å². The Morgan fingerprint density at radius 3 is 2.44 bits per heavy atom. The number of hydrogen-bond donors (Lipinski definition) is 1. The van der Waals surface area contributed by atoms with Crippen molar-refractivity contribution >= 4 is 0 Å². The third-order valence-electron chi connectivity index (χ3n) is 5.75. The molecule has 2 bridgehead atoms. The first-order chi connectivity index (χ1) is 7.71. The van der Waals surface area contributed by atoms with E-state index >= 15 is 0 Å². The molecule has 16 heavy (non-hydrogen) atoms. The van der Waals surface area contributed by atoms with Gasteiger partial charge in [-0.1, -0.05) is 6.42 Å². The fraction of sp³-hybridized carbons (Fsp3) is 1.00. The first kappa shape index (κ1) is 11.0. The molecule has 2 nitrogen and oxygen atoms in total. The van der Waals surface area contributed by atoms with Crippen LogP contribution in [0.15, 0.2) is 0 Å². The predicted molar refractivity (Wildman–Crippen MR) is 65.0 cm³/mol. The van der Waals surface area contributed by atoms with Crippen LogP contribution in [0, 0.1) is 11.8 Å². The number of aliphatic hydroxyl groups excluding tert-OH is 1. The molecule has 1 heterocycles. The van der Waals surface area contributed by atoms with Crippen LogP contribution in [0.3, 0.4) is 0 Å². The van der Waals surface area contributed by atoms with E-state index in [1.54, 1.807) is 0 Å². The normalized spacial score (nSPS) is 46.9.